The van der Waals surface area contributed by atoms with Gasteiger partial charge in [0.05, 0.1) is 16.7 Å². The van der Waals surface area contributed by atoms with E-state index in [0.717, 1.165) is 22.0 Å². The molecule has 0 saturated heterocycles. The quantitative estimate of drug-likeness (QED) is 0.226. The fraction of sp³-hybridized carbons (Fsp3) is 0.0870. The van der Waals surface area contributed by atoms with Gasteiger partial charge in [0.15, 0.2) is 11.3 Å². The Balaban J connectivity index is 1.76. The van der Waals surface area contributed by atoms with Gasteiger partial charge in [-0.2, -0.15) is 0 Å². The fourth-order valence-corrected chi connectivity index (χ4v) is 3.95. The number of hydrogen-bond acceptors (Lipinski definition) is 5. The summed E-state index contributed by atoms with van der Waals surface area (Å²) >= 11 is 0. The van der Waals surface area contributed by atoms with Crippen molar-refractivity contribution < 1.29 is 14.5 Å². The second kappa shape index (κ2) is 6.45. The van der Waals surface area contributed by atoms with Gasteiger partial charge in [-0.15, -0.1) is 0 Å². The van der Waals surface area contributed by atoms with Crippen LogP contribution in [0.4, 0.5) is 11.4 Å². The van der Waals surface area contributed by atoms with Crippen LogP contribution >= 0.6 is 0 Å². The van der Waals surface area contributed by atoms with E-state index in [1.54, 1.807) is 12.3 Å². The molecule has 5 rings (SSSR count). The zero-order valence-electron chi connectivity index (χ0n) is 16.0. The number of aromatic nitrogens is 1. The number of carbonyl (C=O) groups excluding carboxylic acids is 1. The van der Waals surface area contributed by atoms with Crippen molar-refractivity contribution in [2.45, 2.75) is 12.5 Å². The molecule has 7 heteroatoms. The summed E-state index contributed by atoms with van der Waals surface area (Å²) in [5.74, 6) is -0.416. The van der Waals surface area contributed by atoms with Crippen LogP contribution in [0.25, 0.3) is 10.9 Å². The third kappa shape index (κ3) is 2.56. The fourth-order valence-electron chi connectivity index (χ4n) is 3.95. The van der Waals surface area contributed by atoms with Gasteiger partial charge in [-0.25, -0.2) is 4.79 Å². The van der Waals surface area contributed by atoms with E-state index in [4.69, 9.17) is 4.74 Å². The van der Waals surface area contributed by atoms with Crippen molar-refractivity contribution in [3.05, 3.63) is 99.7 Å². The second-order valence-corrected chi connectivity index (χ2v) is 7.32. The van der Waals surface area contributed by atoms with Gasteiger partial charge in [0.25, 0.3) is 5.69 Å². The zero-order valence-corrected chi connectivity index (χ0v) is 16.0. The number of benzene rings is 3. The number of nitrogens with zero attached hydrogens (tertiary/aromatic N) is 1. The van der Waals surface area contributed by atoms with Gasteiger partial charge in [-0.1, -0.05) is 48.0 Å². The Labute approximate surface area is 171 Å². The lowest BCUT2D eigenvalue weighted by Gasteiger charge is -2.37. The molecule has 0 aliphatic carbocycles. The molecule has 0 bridgehead atoms. The van der Waals surface area contributed by atoms with E-state index in [2.05, 4.69) is 10.3 Å². The van der Waals surface area contributed by atoms with Crippen molar-refractivity contribution in [1.82, 2.24) is 4.98 Å². The largest absolute Gasteiger partial charge is 0.422 e. The molecule has 2 heterocycles. The van der Waals surface area contributed by atoms with Crippen molar-refractivity contribution in [1.29, 1.82) is 0 Å². The van der Waals surface area contributed by atoms with Crippen molar-refractivity contribution in [2.75, 3.05) is 5.32 Å². The highest BCUT2D eigenvalue weighted by atomic mass is 16.6. The maximum atomic E-state index is 13.5. The minimum atomic E-state index is -1.31. The molecule has 0 fully saturated rings. The van der Waals surface area contributed by atoms with Gasteiger partial charge in [0.1, 0.15) is 0 Å². The van der Waals surface area contributed by atoms with E-state index in [9.17, 15) is 14.9 Å². The van der Waals surface area contributed by atoms with Crippen LogP contribution in [0.3, 0.4) is 0 Å². The van der Waals surface area contributed by atoms with Crippen LogP contribution in [0.2, 0.25) is 0 Å². The Morgan fingerprint density at radius 3 is 2.57 bits per heavy atom. The molecule has 1 aliphatic heterocycles. The maximum absolute atomic E-state index is 13.5. The van der Waals surface area contributed by atoms with Gasteiger partial charge in [-0.05, 0) is 24.6 Å². The van der Waals surface area contributed by atoms with Crippen molar-refractivity contribution in [3.8, 4) is 5.75 Å². The number of nitro benzene ring substituents is 1. The Kier molecular flexibility index (Phi) is 3.86. The van der Waals surface area contributed by atoms with E-state index in [-0.39, 0.29) is 11.4 Å². The number of rotatable bonds is 3. The molecule has 0 unspecified atom stereocenters. The van der Waals surface area contributed by atoms with Crippen LogP contribution in [0.5, 0.6) is 5.75 Å². The number of nitro groups is 1. The lowest BCUT2D eigenvalue weighted by Crippen LogP contribution is -2.49. The number of hydrogen-bond donors (Lipinski definition) is 2. The molecule has 1 aromatic heterocycles. The molecular formula is C23H17N3O4. The van der Waals surface area contributed by atoms with Crippen molar-refractivity contribution >= 4 is 28.2 Å². The van der Waals surface area contributed by atoms with Crippen LogP contribution in [-0.2, 0) is 10.3 Å². The number of fused-ring (bicyclic) bond motifs is 2. The number of ether oxygens (including phenoxy) is 1. The molecule has 148 valence electrons. The Hall–Kier alpha value is -4.13. The lowest BCUT2D eigenvalue weighted by molar-refractivity contribution is -0.384. The normalized spacial score (nSPS) is 17.8. The molecule has 7 nitrogen and oxygen atoms in total. The average Bonchev–Trinajstić information content (AvgIpc) is 3.18. The number of aryl methyl sites for hydroxylation is 1. The number of para-hydroxylation sites is 1. The molecule has 0 saturated carbocycles. The van der Waals surface area contributed by atoms with Crippen LogP contribution in [0.15, 0.2) is 72.9 Å². The third-order valence-corrected chi connectivity index (χ3v) is 5.48. The summed E-state index contributed by atoms with van der Waals surface area (Å²) in [4.78, 5) is 27.3. The standard InChI is InChI=1S/C23H17N3O4/c1-14-6-8-15(9-7-14)23(18-13-24-19-5-3-2-4-17(18)19)22(27)30-21-12-16(26(28)29)10-11-20(21)25-23/h2-13,24-25H,1H3/t23-/m0/s1. The SMILES string of the molecule is Cc1ccc([C@@]2(c3c[nH]c4ccccc34)Nc3ccc([N+](=O)[O-])cc3OC2=O)cc1. The van der Waals surface area contributed by atoms with E-state index in [1.165, 1.54) is 12.1 Å². The molecule has 4 aromatic rings. The molecule has 30 heavy (non-hydrogen) atoms. The summed E-state index contributed by atoms with van der Waals surface area (Å²) in [6, 6.07) is 19.6. The monoisotopic (exact) mass is 399 g/mol. The van der Waals surface area contributed by atoms with Crippen LogP contribution in [-0.4, -0.2) is 15.9 Å². The molecule has 0 radical (unpaired) electrons. The first-order valence-corrected chi connectivity index (χ1v) is 9.42. The number of H-pyrrole nitrogens is 1. The molecular weight excluding hydrogens is 382 g/mol. The maximum Gasteiger partial charge on any atom is 0.346 e. The van der Waals surface area contributed by atoms with Crippen molar-refractivity contribution in [3.63, 3.8) is 0 Å². The Morgan fingerprint density at radius 1 is 1.03 bits per heavy atom. The predicted molar refractivity (Wildman–Crippen MR) is 113 cm³/mol. The smallest absolute Gasteiger partial charge is 0.346 e. The first-order valence-electron chi connectivity index (χ1n) is 9.42. The molecule has 3 aromatic carbocycles. The lowest BCUT2D eigenvalue weighted by atomic mass is 9.81. The molecule has 1 aliphatic rings. The first kappa shape index (κ1) is 17.9. The highest BCUT2D eigenvalue weighted by Gasteiger charge is 2.49. The molecule has 0 amide bonds. The summed E-state index contributed by atoms with van der Waals surface area (Å²) < 4.78 is 5.68. The number of anilines is 1. The predicted octanol–water partition coefficient (Wildman–Crippen LogP) is 4.66. The van der Waals surface area contributed by atoms with Crippen LogP contribution < -0.4 is 10.1 Å². The third-order valence-electron chi connectivity index (χ3n) is 5.48. The van der Waals surface area contributed by atoms with E-state index in [1.807, 2.05) is 55.5 Å². The zero-order chi connectivity index (χ0) is 20.9. The summed E-state index contributed by atoms with van der Waals surface area (Å²) in [5, 5.41) is 15.3. The van der Waals surface area contributed by atoms with Gasteiger partial charge >= 0.3 is 5.97 Å². The van der Waals surface area contributed by atoms with E-state index < -0.39 is 16.4 Å². The number of aromatic amines is 1. The molecule has 0 spiro atoms. The molecule has 1 atom stereocenters. The summed E-state index contributed by atoms with van der Waals surface area (Å²) in [6.07, 6.45) is 1.80. The first-order chi connectivity index (χ1) is 14.5. The number of nitrogens with one attached hydrogen (secondary N) is 2. The minimum Gasteiger partial charge on any atom is -0.422 e. The van der Waals surface area contributed by atoms with E-state index >= 15 is 0 Å². The average molecular weight is 399 g/mol. The topological polar surface area (TPSA) is 97.3 Å². The van der Waals surface area contributed by atoms with Crippen LogP contribution in [0, 0.1) is 17.0 Å². The summed E-state index contributed by atoms with van der Waals surface area (Å²) in [7, 11) is 0. The van der Waals surface area contributed by atoms with E-state index in [0.29, 0.717) is 11.3 Å². The highest BCUT2D eigenvalue weighted by Crippen LogP contribution is 2.45. The van der Waals surface area contributed by atoms with Crippen LogP contribution in [0.1, 0.15) is 16.7 Å². The van der Waals surface area contributed by atoms with Gasteiger partial charge < -0.3 is 15.0 Å². The molecule has 2 N–H and O–H groups in total. The highest BCUT2D eigenvalue weighted by molar-refractivity contribution is 6.01. The van der Waals surface area contributed by atoms with Gasteiger partial charge in [0.2, 0.25) is 0 Å². The minimum absolute atomic E-state index is 0.136. The van der Waals surface area contributed by atoms with Gasteiger partial charge in [0, 0.05) is 28.7 Å². The number of non-ortho nitro benzene ring substituents is 1. The van der Waals surface area contributed by atoms with Gasteiger partial charge in [-0.3, -0.25) is 10.1 Å². The Morgan fingerprint density at radius 2 is 1.80 bits per heavy atom. The Bertz CT molecular complexity index is 1310. The number of carbonyl (C=O) groups is 1. The number of esters is 1. The van der Waals surface area contributed by atoms with Crippen molar-refractivity contribution in [2.24, 2.45) is 0 Å². The summed E-state index contributed by atoms with van der Waals surface area (Å²) in [6.45, 7) is 1.98. The second-order valence-electron chi connectivity index (χ2n) is 7.32. The summed E-state index contributed by atoms with van der Waals surface area (Å²) in [5.41, 5.74) is 2.44.